The standard InChI is InChI=1S/C20H19ClN4O2S/c1-11-5-4-6-16(12(11)2)24-18(26)17-13(3)22-20(28-17)25-19(27)23-15-9-7-14(21)8-10-15/h4-10H,1-3H3,(H,24,26)(H2,22,23,25,27). The van der Waals surface area contributed by atoms with Gasteiger partial charge in [0.05, 0.1) is 5.69 Å². The summed E-state index contributed by atoms with van der Waals surface area (Å²) >= 11 is 6.95. The number of nitrogens with zero attached hydrogens (tertiary/aromatic N) is 1. The number of nitrogens with one attached hydrogen (secondary N) is 3. The Hall–Kier alpha value is -2.90. The summed E-state index contributed by atoms with van der Waals surface area (Å²) in [5, 5.41) is 9.17. The summed E-state index contributed by atoms with van der Waals surface area (Å²) in [5.41, 5.74) is 4.02. The molecule has 1 heterocycles. The van der Waals surface area contributed by atoms with Gasteiger partial charge in [0.1, 0.15) is 4.88 Å². The molecule has 0 aliphatic rings. The lowest BCUT2D eigenvalue weighted by Crippen LogP contribution is -2.19. The van der Waals surface area contributed by atoms with Gasteiger partial charge in [0.2, 0.25) is 0 Å². The van der Waals surface area contributed by atoms with Crippen LogP contribution in [0.4, 0.5) is 21.3 Å². The number of amides is 3. The molecule has 3 N–H and O–H groups in total. The Balaban J connectivity index is 1.68. The van der Waals surface area contributed by atoms with Crippen molar-refractivity contribution in [1.82, 2.24) is 4.98 Å². The van der Waals surface area contributed by atoms with E-state index in [0.717, 1.165) is 28.2 Å². The zero-order chi connectivity index (χ0) is 20.3. The van der Waals surface area contributed by atoms with Crippen LogP contribution in [0.1, 0.15) is 26.5 Å². The average Bonchev–Trinajstić information content (AvgIpc) is 3.01. The van der Waals surface area contributed by atoms with E-state index < -0.39 is 6.03 Å². The second-order valence-electron chi connectivity index (χ2n) is 6.22. The first-order valence-electron chi connectivity index (χ1n) is 8.52. The molecule has 0 saturated heterocycles. The Labute approximate surface area is 172 Å². The molecule has 0 radical (unpaired) electrons. The predicted octanol–water partition coefficient (Wildman–Crippen LogP) is 5.62. The van der Waals surface area contributed by atoms with Gasteiger partial charge in [0.25, 0.3) is 5.91 Å². The number of urea groups is 1. The van der Waals surface area contributed by atoms with Crippen molar-refractivity contribution in [1.29, 1.82) is 0 Å². The highest BCUT2D eigenvalue weighted by atomic mass is 35.5. The van der Waals surface area contributed by atoms with Gasteiger partial charge in [-0.15, -0.1) is 0 Å². The van der Waals surface area contributed by atoms with Crippen molar-refractivity contribution in [3.8, 4) is 0 Å². The van der Waals surface area contributed by atoms with E-state index in [1.54, 1.807) is 31.2 Å². The minimum Gasteiger partial charge on any atom is -0.321 e. The molecule has 1 aromatic heterocycles. The van der Waals surface area contributed by atoms with Gasteiger partial charge in [-0.25, -0.2) is 9.78 Å². The summed E-state index contributed by atoms with van der Waals surface area (Å²) in [7, 11) is 0. The van der Waals surface area contributed by atoms with Crippen molar-refractivity contribution >= 4 is 51.4 Å². The molecule has 0 saturated carbocycles. The number of carbonyl (C=O) groups is 2. The molecule has 0 aliphatic heterocycles. The number of halogens is 1. The number of hydrogen-bond donors (Lipinski definition) is 3. The van der Waals surface area contributed by atoms with E-state index >= 15 is 0 Å². The van der Waals surface area contributed by atoms with Crippen LogP contribution in [-0.4, -0.2) is 16.9 Å². The molecule has 0 fully saturated rings. The first kappa shape index (κ1) is 19.9. The number of aromatic nitrogens is 1. The van der Waals surface area contributed by atoms with Gasteiger partial charge in [-0.3, -0.25) is 10.1 Å². The Kier molecular flexibility index (Phi) is 5.96. The van der Waals surface area contributed by atoms with E-state index in [4.69, 9.17) is 11.6 Å². The molecule has 6 nitrogen and oxygen atoms in total. The van der Waals surface area contributed by atoms with E-state index in [9.17, 15) is 9.59 Å². The van der Waals surface area contributed by atoms with Gasteiger partial charge in [0, 0.05) is 16.4 Å². The van der Waals surface area contributed by atoms with E-state index in [-0.39, 0.29) is 5.91 Å². The lowest BCUT2D eigenvalue weighted by Gasteiger charge is -2.09. The SMILES string of the molecule is Cc1cccc(NC(=O)c2sc(NC(=O)Nc3ccc(Cl)cc3)nc2C)c1C. The van der Waals surface area contributed by atoms with Crippen LogP contribution >= 0.6 is 22.9 Å². The summed E-state index contributed by atoms with van der Waals surface area (Å²) in [4.78, 5) is 29.5. The summed E-state index contributed by atoms with van der Waals surface area (Å²) in [6.45, 7) is 5.68. The minimum atomic E-state index is -0.447. The topological polar surface area (TPSA) is 83.1 Å². The van der Waals surface area contributed by atoms with E-state index in [1.165, 1.54) is 0 Å². The summed E-state index contributed by atoms with van der Waals surface area (Å²) in [6, 6.07) is 12.0. The third-order valence-corrected chi connectivity index (χ3v) is 5.50. The number of carbonyl (C=O) groups excluding carboxylic acids is 2. The molecule has 0 unspecified atom stereocenters. The Morgan fingerprint density at radius 3 is 2.39 bits per heavy atom. The summed E-state index contributed by atoms with van der Waals surface area (Å²) < 4.78 is 0. The van der Waals surface area contributed by atoms with Crippen LogP contribution in [0.3, 0.4) is 0 Å². The largest absolute Gasteiger partial charge is 0.325 e. The maximum Gasteiger partial charge on any atom is 0.325 e. The second kappa shape index (κ2) is 8.41. The molecule has 0 bridgehead atoms. The van der Waals surface area contributed by atoms with Gasteiger partial charge < -0.3 is 10.6 Å². The minimum absolute atomic E-state index is 0.255. The van der Waals surface area contributed by atoms with E-state index in [0.29, 0.717) is 26.4 Å². The highest BCUT2D eigenvalue weighted by Crippen LogP contribution is 2.25. The predicted molar refractivity (Wildman–Crippen MR) is 115 cm³/mol. The Morgan fingerprint density at radius 1 is 0.964 bits per heavy atom. The van der Waals surface area contributed by atoms with E-state index in [2.05, 4.69) is 20.9 Å². The lowest BCUT2D eigenvalue weighted by atomic mass is 10.1. The fourth-order valence-corrected chi connectivity index (χ4v) is 3.50. The summed E-state index contributed by atoms with van der Waals surface area (Å²) in [6.07, 6.45) is 0. The summed E-state index contributed by atoms with van der Waals surface area (Å²) in [5.74, 6) is -0.255. The van der Waals surface area contributed by atoms with Crippen LogP contribution in [0.25, 0.3) is 0 Å². The molecule has 3 rings (SSSR count). The molecule has 0 spiro atoms. The maximum absolute atomic E-state index is 12.6. The molecular formula is C20H19ClN4O2S. The fourth-order valence-electron chi connectivity index (χ4n) is 2.52. The quantitative estimate of drug-likeness (QED) is 0.518. The normalized spacial score (nSPS) is 10.4. The third-order valence-electron chi connectivity index (χ3n) is 4.18. The smallest absolute Gasteiger partial charge is 0.321 e. The van der Waals surface area contributed by atoms with Gasteiger partial charge in [0.15, 0.2) is 5.13 Å². The highest BCUT2D eigenvalue weighted by Gasteiger charge is 2.17. The van der Waals surface area contributed by atoms with Crippen molar-refractivity contribution in [2.24, 2.45) is 0 Å². The number of hydrogen-bond acceptors (Lipinski definition) is 4. The molecule has 3 aromatic rings. The van der Waals surface area contributed by atoms with Crippen molar-refractivity contribution in [2.75, 3.05) is 16.0 Å². The van der Waals surface area contributed by atoms with Gasteiger partial charge in [-0.05, 0) is 62.2 Å². The van der Waals surface area contributed by atoms with Crippen LogP contribution in [0.15, 0.2) is 42.5 Å². The Bertz CT molecular complexity index is 1030. The molecule has 3 amide bonds. The van der Waals surface area contributed by atoms with Gasteiger partial charge in [-0.1, -0.05) is 35.1 Å². The number of benzene rings is 2. The van der Waals surface area contributed by atoms with Crippen LogP contribution in [-0.2, 0) is 0 Å². The molecule has 28 heavy (non-hydrogen) atoms. The molecular weight excluding hydrogens is 396 g/mol. The second-order valence-corrected chi connectivity index (χ2v) is 7.66. The Morgan fingerprint density at radius 2 is 1.68 bits per heavy atom. The molecule has 0 aliphatic carbocycles. The van der Waals surface area contributed by atoms with Crippen LogP contribution in [0, 0.1) is 20.8 Å². The average molecular weight is 415 g/mol. The maximum atomic E-state index is 12.6. The number of rotatable bonds is 4. The van der Waals surface area contributed by atoms with E-state index in [1.807, 2.05) is 32.0 Å². The van der Waals surface area contributed by atoms with Crippen molar-refractivity contribution < 1.29 is 9.59 Å². The first-order valence-corrected chi connectivity index (χ1v) is 9.71. The highest BCUT2D eigenvalue weighted by molar-refractivity contribution is 7.17. The van der Waals surface area contributed by atoms with Gasteiger partial charge in [-0.2, -0.15) is 0 Å². The van der Waals surface area contributed by atoms with Crippen LogP contribution in [0.5, 0.6) is 0 Å². The zero-order valence-corrected chi connectivity index (χ0v) is 17.2. The van der Waals surface area contributed by atoms with Crippen molar-refractivity contribution in [3.63, 3.8) is 0 Å². The molecule has 8 heteroatoms. The molecule has 0 atom stereocenters. The first-order chi connectivity index (χ1) is 13.3. The van der Waals surface area contributed by atoms with Crippen LogP contribution < -0.4 is 16.0 Å². The molecule has 2 aromatic carbocycles. The molecule has 144 valence electrons. The van der Waals surface area contributed by atoms with Crippen LogP contribution in [0.2, 0.25) is 5.02 Å². The number of thiazole rings is 1. The fraction of sp³-hybridized carbons (Fsp3) is 0.150. The monoisotopic (exact) mass is 414 g/mol. The zero-order valence-electron chi connectivity index (χ0n) is 15.6. The third kappa shape index (κ3) is 4.68. The lowest BCUT2D eigenvalue weighted by molar-refractivity contribution is 0.102. The van der Waals surface area contributed by atoms with Gasteiger partial charge >= 0.3 is 6.03 Å². The van der Waals surface area contributed by atoms with Crippen molar-refractivity contribution in [3.05, 3.63) is 69.2 Å². The van der Waals surface area contributed by atoms with Crippen molar-refractivity contribution in [2.45, 2.75) is 20.8 Å². The number of anilines is 3. The number of aryl methyl sites for hydroxylation is 2.